The summed E-state index contributed by atoms with van der Waals surface area (Å²) in [7, 11) is -2.50. The average Bonchev–Trinajstić information content (AvgIpc) is 3.33. The fourth-order valence-corrected chi connectivity index (χ4v) is 5.73. The van der Waals surface area contributed by atoms with Crippen LogP contribution < -0.4 is 10.0 Å². The Labute approximate surface area is 230 Å². The third-order valence-corrected chi connectivity index (χ3v) is 8.24. The van der Waals surface area contributed by atoms with E-state index in [0.29, 0.717) is 37.2 Å². The van der Waals surface area contributed by atoms with E-state index in [1.807, 2.05) is 0 Å². The first kappa shape index (κ1) is 27.3. The lowest BCUT2D eigenvalue weighted by atomic mass is 9.89. The maximum atomic E-state index is 13.7. The highest BCUT2D eigenvalue weighted by Gasteiger charge is 2.28. The minimum Gasteiger partial charge on any atom is -0.355 e. The summed E-state index contributed by atoms with van der Waals surface area (Å²) in [6, 6.07) is 11.8. The number of hydrogen-bond acceptors (Lipinski definition) is 6. The fraction of sp³-hybridized carbons (Fsp3) is 0.250. The molecule has 9 nitrogen and oxygen atoms in total. The number of pyridine rings is 1. The first-order valence-corrected chi connectivity index (χ1v) is 14.2. The van der Waals surface area contributed by atoms with Gasteiger partial charge in [-0.15, -0.1) is 0 Å². The van der Waals surface area contributed by atoms with E-state index in [1.54, 1.807) is 37.2 Å². The van der Waals surface area contributed by atoms with Crippen LogP contribution in [-0.2, 0) is 17.1 Å². The van der Waals surface area contributed by atoms with Gasteiger partial charge in [-0.1, -0.05) is 12.1 Å². The van der Waals surface area contributed by atoms with Gasteiger partial charge in [0.1, 0.15) is 11.6 Å². The van der Waals surface area contributed by atoms with Gasteiger partial charge < -0.3 is 14.8 Å². The molecule has 0 radical (unpaired) electrons. The summed E-state index contributed by atoms with van der Waals surface area (Å²) in [5.41, 5.74) is 2.51. The predicted octanol–water partition coefficient (Wildman–Crippen LogP) is 4.97. The van der Waals surface area contributed by atoms with Crippen LogP contribution in [0.1, 0.15) is 40.2 Å². The molecule has 2 N–H and O–H groups in total. The number of hydrogen-bond donors (Lipinski definition) is 2. The Bertz CT molecular complexity index is 1650. The smallest absolute Gasteiger partial charge is 0.281 e. The lowest BCUT2D eigenvalue weighted by Gasteiger charge is -2.32. The van der Waals surface area contributed by atoms with Crippen LogP contribution >= 0.6 is 0 Å². The van der Waals surface area contributed by atoms with Crippen molar-refractivity contribution >= 4 is 33.3 Å². The maximum Gasteiger partial charge on any atom is 0.281 e. The SMILES string of the molecule is Cc1cc(F)ccc1Nc1cc(S(=O)(=O)Nc2nccn2C)ncc1C(=O)N1CCC(c2ccc(F)cc2)CC1. The molecule has 4 aromatic rings. The Morgan fingerprint density at radius 1 is 0.975 bits per heavy atom. The van der Waals surface area contributed by atoms with Crippen molar-refractivity contribution < 1.29 is 22.0 Å². The Balaban J connectivity index is 1.43. The van der Waals surface area contributed by atoms with Crippen molar-refractivity contribution in [1.82, 2.24) is 19.4 Å². The number of likely N-dealkylation sites (tertiary alicyclic amines) is 1. The summed E-state index contributed by atoms with van der Waals surface area (Å²) in [6.07, 6.45) is 5.69. The summed E-state index contributed by atoms with van der Waals surface area (Å²) in [4.78, 5) is 23.5. The summed E-state index contributed by atoms with van der Waals surface area (Å²) >= 11 is 0. The van der Waals surface area contributed by atoms with Crippen molar-refractivity contribution in [3.63, 3.8) is 0 Å². The van der Waals surface area contributed by atoms with E-state index < -0.39 is 15.8 Å². The number of nitrogens with one attached hydrogen (secondary N) is 2. The van der Waals surface area contributed by atoms with Crippen molar-refractivity contribution in [3.8, 4) is 0 Å². The number of anilines is 3. The molecule has 1 saturated heterocycles. The van der Waals surface area contributed by atoms with Crippen LogP contribution in [-0.4, -0.2) is 46.8 Å². The number of sulfonamides is 1. The van der Waals surface area contributed by atoms with Crippen molar-refractivity contribution in [2.75, 3.05) is 23.1 Å². The van der Waals surface area contributed by atoms with Gasteiger partial charge >= 0.3 is 0 Å². The lowest BCUT2D eigenvalue weighted by Crippen LogP contribution is -2.38. The van der Waals surface area contributed by atoms with E-state index in [1.165, 1.54) is 53.4 Å². The molecule has 0 aliphatic carbocycles. The van der Waals surface area contributed by atoms with E-state index in [9.17, 15) is 22.0 Å². The van der Waals surface area contributed by atoms with Crippen LogP contribution in [0.25, 0.3) is 0 Å². The van der Waals surface area contributed by atoms with Crippen LogP contribution in [0.5, 0.6) is 0 Å². The van der Waals surface area contributed by atoms with Gasteiger partial charge in [0.15, 0.2) is 5.03 Å². The Morgan fingerprint density at radius 2 is 1.68 bits per heavy atom. The number of aryl methyl sites for hydroxylation is 2. The number of halogens is 2. The molecule has 0 bridgehead atoms. The van der Waals surface area contributed by atoms with Gasteiger partial charge in [-0.2, -0.15) is 8.42 Å². The van der Waals surface area contributed by atoms with Crippen molar-refractivity contribution in [2.45, 2.75) is 30.7 Å². The number of piperidine rings is 1. The normalized spacial score (nSPS) is 14.2. The van der Waals surface area contributed by atoms with Gasteiger partial charge in [-0.05, 0) is 67.1 Å². The highest BCUT2D eigenvalue weighted by atomic mass is 32.2. The first-order valence-electron chi connectivity index (χ1n) is 12.7. The Hall–Kier alpha value is -4.32. The number of carbonyl (C=O) groups is 1. The van der Waals surface area contributed by atoms with E-state index in [-0.39, 0.29) is 39.9 Å². The molecule has 1 aliphatic heterocycles. The minimum atomic E-state index is -4.14. The summed E-state index contributed by atoms with van der Waals surface area (Å²) in [6.45, 7) is 2.64. The number of carbonyl (C=O) groups excluding carboxylic acids is 1. The van der Waals surface area contributed by atoms with Gasteiger partial charge in [0.05, 0.1) is 11.3 Å². The molecule has 5 rings (SSSR count). The summed E-state index contributed by atoms with van der Waals surface area (Å²) in [5.74, 6) is -0.711. The predicted molar refractivity (Wildman–Crippen MR) is 147 cm³/mol. The van der Waals surface area contributed by atoms with Crippen molar-refractivity contribution in [1.29, 1.82) is 0 Å². The van der Waals surface area contributed by atoms with Gasteiger partial charge in [-0.3, -0.25) is 4.79 Å². The highest BCUT2D eigenvalue weighted by Crippen LogP contribution is 2.31. The highest BCUT2D eigenvalue weighted by molar-refractivity contribution is 7.92. The molecule has 0 atom stereocenters. The molecule has 3 heterocycles. The minimum absolute atomic E-state index is 0.106. The van der Waals surface area contributed by atoms with Gasteiger partial charge in [-0.25, -0.2) is 23.5 Å². The molecule has 0 unspecified atom stereocenters. The number of amides is 1. The van der Waals surface area contributed by atoms with E-state index in [0.717, 1.165) is 5.56 Å². The topological polar surface area (TPSA) is 109 Å². The number of rotatable bonds is 7. The Morgan fingerprint density at radius 3 is 2.33 bits per heavy atom. The second-order valence-corrected chi connectivity index (χ2v) is 11.4. The number of aromatic nitrogens is 3. The zero-order valence-electron chi connectivity index (χ0n) is 21.9. The van der Waals surface area contributed by atoms with Crippen LogP contribution in [0.15, 0.2) is 72.1 Å². The van der Waals surface area contributed by atoms with Gasteiger partial charge in [0.25, 0.3) is 15.9 Å². The second kappa shape index (κ2) is 11.0. The molecule has 40 heavy (non-hydrogen) atoms. The molecule has 1 fully saturated rings. The average molecular weight is 567 g/mol. The quantitative estimate of drug-likeness (QED) is 0.327. The molecule has 208 valence electrons. The van der Waals surface area contributed by atoms with E-state index in [4.69, 9.17) is 0 Å². The molecule has 1 amide bonds. The van der Waals surface area contributed by atoms with Crippen LogP contribution in [0.2, 0.25) is 0 Å². The van der Waals surface area contributed by atoms with Crippen LogP contribution in [0.3, 0.4) is 0 Å². The third kappa shape index (κ3) is 5.81. The zero-order chi connectivity index (χ0) is 28.4. The summed E-state index contributed by atoms with van der Waals surface area (Å²) < 4.78 is 57.2. The monoisotopic (exact) mass is 566 g/mol. The van der Waals surface area contributed by atoms with Crippen LogP contribution in [0, 0.1) is 18.6 Å². The molecule has 2 aromatic carbocycles. The van der Waals surface area contributed by atoms with Gasteiger partial charge in [0, 0.05) is 50.5 Å². The molecule has 0 spiro atoms. The standard InChI is InChI=1S/C28H28F2N6O3S/c1-18-15-22(30)7-8-24(18)33-25-16-26(40(38,39)34-28-31-11-14-35(28)2)32-17-23(25)27(37)36-12-9-20(10-13-36)19-3-5-21(29)6-4-19/h3-8,11,14-17,20H,9-10,12-13H2,1-2H3,(H,31,34)(H,32,33). The zero-order valence-corrected chi connectivity index (χ0v) is 22.8. The first-order chi connectivity index (χ1) is 19.1. The summed E-state index contributed by atoms with van der Waals surface area (Å²) in [5, 5.41) is 2.79. The molecule has 2 aromatic heterocycles. The Kier molecular flexibility index (Phi) is 7.53. The number of imidazole rings is 1. The number of nitrogens with zero attached hydrogens (tertiary/aromatic N) is 4. The molecule has 0 saturated carbocycles. The van der Waals surface area contributed by atoms with Crippen LogP contribution in [0.4, 0.5) is 26.1 Å². The molecule has 12 heteroatoms. The number of benzene rings is 2. The molecular weight excluding hydrogens is 538 g/mol. The second-order valence-electron chi connectivity index (χ2n) is 9.74. The third-order valence-electron chi connectivity index (χ3n) is 7.01. The van der Waals surface area contributed by atoms with Gasteiger partial charge in [0.2, 0.25) is 5.95 Å². The largest absolute Gasteiger partial charge is 0.355 e. The lowest BCUT2D eigenvalue weighted by molar-refractivity contribution is 0.0713. The van der Waals surface area contributed by atoms with Crippen molar-refractivity contribution in [3.05, 3.63) is 95.4 Å². The van der Waals surface area contributed by atoms with E-state index in [2.05, 4.69) is 20.0 Å². The fourth-order valence-electron chi connectivity index (χ4n) is 4.73. The van der Waals surface area contributed by atoms with E-state index >= 15 is 0 Å². The molecular formula is C28H28F2N6O3S. The molecule has 1 aliphatic rings. The maximum absolute atomic E-state index is 13.7. The van der Waals surface area contributed by atoms with Crippen molar-refractivity contribution in [2.24, 2.45) is 7.05 Å².